The highest BCUT2D eigenvalue weighted by atomic mass is 32.1. The average molecular weight is 427 g/mol. The summed E-state index contributed by atoms with van der Waals surface area (Å²) in [6, 6.07) is 7.95. The number of nitrogens with one attached hydrogen (secondary N) is 1. The SMILES string of the molecule is Cc1sc(NC(=O)[C@@H]2CC=CC[C@@H]2C(=O)O)c(C(N)=O)c1-c1ccc(C(C)C)cc1. The van der Waals surface area contributed by atoms with Crippen molar-refractivity contribution in [1.82, 2.24) is 0 Å². The van der Waals surface area contributed by atoms with Crippen LogP contribution in [-0.2, 0) is 9.59 Å². The number of benzene rings is 1. The lowest BCUT2D eigenvalue weighted by Crippen LogP contribution is -2.35. The van der Waals surface area contributed by atoms with Crippen molar-refractivity contribution in [2.24, 2.45) is 17.6 Å². The number of aliphatic carboxylic acids is 1. The number of carbonyl (C=O) groups is 3. The molecule has 0 fully saturated rings. The molecular formula is C23H26N2O4S. The number of aryl methyl sites for hydroxylation is 1. The zero-order chi connectivity index (χ0) is 22.0. The van der Waals surface area contributed by atoms with Crippen LogP contribution >= 0.6 is 11.3 Å². The van der Waals surface area contributed by atoms with E-state index in [0.29, 0.717) is 29.3 Å². The predicted octanol–water partition coefficient (Wildman–Crippen LogP) is 4.55. The van der Waals surface area contributed by atoms with Crippen molar-refractivity contribution in [3.8, 4) is 11.1 Å². The van der Waals surface area contributed by atoms with Crippen LogP contribution in [0.5, 0.6) is 0 Å². The fraction of sp³-hybridized carbons (Fsp3) is 0.348. The number of hydrogen-bond acceptors (Lipinski definition) is 4. The summed E-state index contributed by atoms with van der Waals surface area (Å²) < 4.78 is 0. The molecule has 0 aliphatic heterocycles. The van der Waals surface area contributed by atoms with Gasteiger partial charge in [-0.3, -0.25) is 14.4 Å². The topological polar surface area (TPSA) is 109 Å². The molecule has 1 heterocycles. The Morgan fingerprint density at radius 2 is 1.70 bits per heavy atom. The molecule has 0 saturated carbocycles. The molecule has 158 valence electrons. The minimum Gasteiger partial charge on any atom is -0.481 e. The van der Waals surface area contributed by atoms with E-state index < -0.39 is 29.6 Å². The first-order chi connectivity index (χ1) is 14.2. The number of allylic oxidation sites excluding steroid dienone is 2. The van der Waals surface area contributed by atoms with E-state index in [1.165, 1.54) is 16.9 Å². The standard InChI is InChI=1S/C23H26N2O4S/c1-12(2)14-8-10-15(11-9-14)18-13(3)30-22(19(18)20(24)26)25-21(27)16-6-4-5-7-17(16)23(28)29/h4-5,8-12,16-17H,6-7H2,1-3H3,(H2,24,26)(H,25,27)(H,28,29)/t16-,17+/m1/s1. The quantitative estimate of drug-likeness (QED) is 0.589. The van der Waals surface area contributed by atoms with Gasteiger partial charge < -0.3 is 16.2 Å². The molecule has 6 nitrogen and oxygen atoms in total. The van der Waals surface area contributed by atoms with Gasteiger partial charge >= 0.3 is 5.97 Å². The van der Waals surface area contributed by atoms with Gasteiger partial charge in [0, 0.05) is 10.4 Å². The van der Waals surface area contributed by atoms with E-state index >= 15 is 0 Å². The maximum absolute atomic E-state index is 12.9. The first kappa shape index (κ1) is 21.8. The van der Waals surface area contributed by atoms with Gasteiger partial charge in [-0.1, -0.05) is 50.3 Å². The van der Waals surface area contributed by atoms with E-state index in [2.05, 4.69) is 19.2 Å². The Hall–Kier alpha value is -2.93. The summed E-state index contributed by atoms with van der Waals surface area (Å²) in [6.45, 7) is 6.10. The lowest BCUT2D eigenvalue weighted by molar-refractivity contribution is -0.146. The lowest BCUT2D eigenvalue weighted by atomic mass is 9.82. The van der Waals surface area contributed by atoms with Crippen molar-refractivity contribution in [2.75, 3.05) is 5.32 Å². The maximum atomic E-state index is 12.9. The van der Waals surface area contributed by atoms with Crippen LogP contribution in [0.15, 0.2) is 36.4 Å². The van der Waals surface area contributed by atoms with Crippen molar-refractivity contribution in [3.05, 3.63) is 52.4 Å². The minimum atomic E-state index is -0.997. The van der Waals surface area contributed by atoms with Crippen LogP contribution in [0.1, 0.15) is 53.4 Å². The molecule has 30 heavy (non-hydrogen) atoms. The van der Waals surface area contributed by atoms with E-state index in [1.54, 1.807) is 6.08 Å². The number of amides is 2. The molecule has 4 N–H and O–H groups in total. The Kier molecular flexibility index (Phi) is 6.41. The van der Waals surface area contributed by atoms with Gasteiger partial charge in [0.15, 0.2) is 0 Å². The van der Waals surface area contributed by atoms with Gasteiger partial charge in [0.25, 0.3) is 5.91 Å². The average Bonchev–Trinajstić information content (AvgIpc) is 3.03. The Bertz CT molecular complexity index is 1000. The number of thiophene rings is 1. The third-order valence-corrected chi connectivity index (χ3v) is 6.54. The van der Waals surface area contributed by atoms with Crippen molar-refractivity contribution < 1.29 is 19.5 Å². The van der Waals surface area contributed by atoms with E-state index in [9.17, 15) is 19.5 Å². The summed E-state index contributed by atoms with van der Waals surface area (Å²) in [4.78, 5) is 37.6. The second-order valence-electron chi connectivity index (χ2n) is 7.86. The molecule has 2 atom stereocenters. The molecular weight excluding hydrogens is 400 g/mol. The number of carbonyl (C=O) groups excluding carboxylic acids is 2. The van der Waals surface area contributed by atoms with Crippen LogP contribution in [0.2, 0.25) is 0 Å². The number of carboxylic acids is 1. The smallest absolute Gasteiger partial charge is 0.307 e. The Balaban J connectivity index is 1.95. The summed E-state index contributed by atoms with van der Waals surface area (Å²) >= 11 is 1.28. The molecule has 0 radical (unpaired) electrons. The molecule has 7 heteroatoms. The first-order valence-electron chi connectivity index (χ1n) is 9.92. The van der Waals surface area contributed by atoms with Gasteiger partial charge in [-0.25, -0.2) is 0 Å². The highest BCUT2D eigenvalue weighted by Gasteiger charge is 2.35. The number of carboxylic acid groups (broad SMARTS) is 1. The molecule has 0 unspecified atom stereocenters. The summed E-state index contributed by atoms with van der Waals surface area (Å²) in [5, 5.41) is 12.6. The Morgan fingerprint density at radius 3 is 2.23 bits per heavy atom. The molecule has 3 rings (SSSR count). The molecule has 2 aromatic rings. The number of primary amides is 1. The fourth-order valence-electron chi connectivity index (χ4n) is 3.83. The first-order valence-corrected chi connectivity index (χ1v) is 10.7. The molecule has 1 aliphatic rings. The van der Waals surface area contributed by atoms with Crippen LogP contribution in [0.4, 0.5) is 5.00 Å². The predicted molar refractivity (Wildman–Crippen MR) is 119 cm³/mol. The second-order valence-corrected chi connectivity index (χ2v) is 9.09. The third kappa shape index (κ3) is 4.31. The van der Waals surface area contributed by atoms with Crippen molar-refractivity contribution in [1.29, 1.82) is 0 Å². The zero-order valence-electron chi connectivity index (χ0n) is 17.3. The normalized spacial score (nSPS) is 18.4. The highest BCUT2D eigenvalue weighted by molar-refractivity contribution is 7.17. The van der Waals surface area contributed by atoms with Gasteiger partial charge in [-0.15, -0.1) is 11.3 Å². The highest BCUT2D eigenvalue weighted by Crippen LogP contribution is 2.40. The largest absolute Gasteiger partial charge is 0.481 e. The number of nitrogens with two attached hydrogens (primary N) is 1. The minimum absolute atomic E-state index is 0.265. The van der Waals surface area contributed by atoms with Gasteiger partial charge in [0.2, 0.25) is 5.91 Å². The van der Waals surface area contributed by atoms with Crippen LogP contribution in [-0.4, -0.2) is 22.9 Å². The van der Waals surface area contributed by atoms with Crippen molar-refractivity contribution in [3.63, 3.8) is 0 Å². The van der Waals surface area contributed by atoms with Gasteiger partial charge in [0.05, 0.1) is 17.4 Å². The Labute approximate surface area is 179 Å². The summed E-state index contributed by atoms with van der Waals surface area (Å²) in [6.07, 6.45) is 4.27. The van der Waals surface area contributed by atoms with Crippen LogP contribution in [0.25, 0.3) is 11.1 Å². The van der Waals surface area contributed by atoms with E-state index in [0.717, 1.165) is 10.4 Å². The molecule has 2 amide bonds. The summed E-state index contributed by atoms with van der Waals surface area (Å²) in [5.41, 5.74) is 8.69. The fourth-order valence-corrected chi connectivity index (χ4v) is 4.92. The molecule has 1 aliphatic carbocycles. The molecule has 0 spiro atoms. The Morgan fingerprint density at radius 1 is 1.10 bits per heavy atom. The van der Waals surface area contributed by atoms with E-state index in [4.69, 9.17) is 5.73 Å². The zero-order valence-corrected chi connectivity index (χ0v) is 18.1. The lowest BCUT2D eigenvalue weighted by Gasteiger charge is -2.24. The third-order valence-electron chi connectivity index (χ3n) is 5.52. The molecule has 0 bridgehead atoms. The molecule has 1 aromatic carbocycles. The number of hydrogen-bond donors (Lipinski definition) is 3. The molecule has 0 saturated heterocycles. The van der Waals surface area contributed by atoms with Crippen LogP contribution in [0.3, 0.4) is 0 Å². The van der Waals surface area contributed by atoms with Gasteiger partial charge in [0.1, 0.15) is 5.00 Å². The summed E-state index contributed by atoms with van der Waals surface area (Å²) in [7, 11) is 0. The second kappa shape index (κ2) is 8.83. The maximum Gasteiger partial charge on any atom is 0.307 e. The van der Waals surface area contributed by atoms with Gasteiger partial charge in [-0.05, 0) is 36.8 Å². The van der Waals surface area contributed by atoms with Crippen LogP contribution in [0, 0.1) is 18.8 Å². The van der Waals surface area contributed by atoms with E-state index in [1.807, 2.05) is 37.3 Å². The van der Waals surface area contributed by atoms with E-state index in [-0.39, 0.29) is 5.56 Å². The number of anilines is 1. The van der Waals surface area contributed by atoms with Crippen molar-refractivity contribution in [2.45, 2.75) is 39.5 Å². The van der Waals surface area contributed by atoms with Crippen molar-refractivity contribution >= 4 is 34.1 Å². The summed E-state index contributed by atoms with van der Waals surface area (Å²) in [5.74, 6) is -3.11. The number of rotatable bonds is 6. The van der Waals surface area contributed by atoms with Crippen LogP contribution < -0.4 is 11.1 Å². The monoisotopic (exact) mass is 426 g/mol. The van der Waals surface area contributed by atoms with Gasteiger partial charge in [-0.2, -0.15) is 0 Å². The molecule has 1 aromatic heterocycles.